The van der Waals surface area contributed by atoms with Gasteiger partial charge in [-0.1, -0.05) is 0 Å². The third-order valence-corrected chi connectivity index (χ3v) is 2.21. The molecular weight excluding hydrogens is 222 g/mol. The van der Waals surface area contributed by atoms with Crippen molar-refractivity contribution < 1.29 is 4.92 Å². The molecule has 0 bridgehead atoms. The number of H-pyrrole nitrogens is 1. The van der Waals surface area contributed by atoms with Gasteiger partial charge in [0, 0.05) is 37.1 Å². The molecule has 2 N–H and O–H groups in total. The zero-order chi connectivity index (χ0) is 12.1. The highest BCUT2D eigenvalue weighted by Crippen LogP contribution is 2.13. The maximum absolute atomic E-state index is 10.6. The van der Waals surface area contributed by atoms with Gasteiger partial charge in [-0.25, -0.2) is 9.97 Å². The van der Waals surface area contributed by atoms with Crippen molar-refractivity contribution in [1.82, 2.24) is 15.0 Å². The van der Waals surface area contributed by atoms with Gasteiger partial charge in [0.15, 0.2) is 0 Å². The summed E-state index contributed by atoms with van der Waals surface area (Å²) in [5.74, 6) is 0.499. The lowest BCUT2D eigenvalue weighted by atomic mass is 10.3. The van der Waals surface area contributed by atoms with Crippen molar-refractivity contribution in [1.29, 1.82) is 0 Å². The number of hydrogen-bond donors (Lipinski definition) is 2. The van der Waals surface area contributed by atoms with Crippen molar-refractivity contribution in [3.05, 3.63) is 46.7 Å². The Kier molecular flexibility index (Phi) is 3.29. The van der Waals surface area contributed by atoms with E-state index < -0.39 is 4.92 Å². The van der Waals surface area contributed by atoms with E-state index in [4.69, 9.17) is 0 Å². The van der Waals surface area contributed by atoms with E-state index in [-0.39, 0.29) is 5.69 Å². The van der Waals surface area contributed by atoms with Gasteiger partial charge >= 0.3 is 0 Å². The molecule has 7 heteroatoms. The second kappa shape index (κ2) is 5.06. The first-order valence-corrected chi connectivity index (χ1v) is 5.07. The number of pyridine rings is 1. The molecule has 0 aliphatic rings. The predicted molar refractivity (Wildman–Crippen MR) is 61.7 cm³/mol. The van der Waals surface area contributed by atoms with Crippen LogP contribution in [0.25, 0.3) is 0 Å². The standard InChI is InChI=1S/C10H11N5O2/c16-15(17)9-2-4-13-10(5-9)12-3-1-8-6-11-7-14-8/h2,4-7H,1,3H2,(H,11,14)(H,12,13). The van der Waals surface area contributed by atoms with Crippen LogP contribution < -0.4 is 5.32 Å². The molecule has 0 spiro atoms. The summed E-state index contributed by atoms with van der Waals surface area (Å²) in [5, 5.41) is 13.6. The Bertz CT molecular complexity index is 497. The monoisotopic (exact) mass is 233 g/mol. The van der Waals surface area contributed by atoms with Gasteiger partial charge in [-0.3, -0.25) is 10.1 Å². The Balaban J connectivity index is 1.90. The van der Waals surface area contributed by atoms with Crippen molar-refractivity contribution in [2.75, 3.05) is 11.9 Å². The lowest BCUT2D eigenvalue weighted by molar-refractivity contribution is -0.384. The van der Waals surface area contributed by atoms with Crippen molar-refractivity contribution in [2.24, 2.45) is 0 Å². The molecule has 88 valence electrons. The van der Waals surface area contributed by atoms with Crippen molar-refractivity contribution in [3.8, 4) is 0 Å². The first-order valence-electron chi connectivity index (χ1n) is 5.07. The average molecular weight is 233 g/mol. The van der Waals surface area contributed by atoms with E-state index in [1.165, 1.54) is 18.3 Å². The number of aromatic amines is 1. The summed E-state index contributed by atoms with van der Waals surface area (Å²) in [5.41, 5.74) is 1.03. The van der Waals surface area contributed by atoms with E-state index in [0.29, 0.717) is 12.4 Å². The average Bonchev–Trinajstić information content (AvgIpc) is 2.82. The topological polar surface area (TPSA) is 96.7 Å². The van der Waals surface area contributed by atoms with Gasteiger partial charge in [-0.15, -0.1) is 0 Å². The van der Waals surface area contributed by atoms with Crippen LogP contribution in [0.15, 0.2) is 30.9 Å². The van der Waals surface area contributed by atoms with Gasteiger partial charge in [-0.05, 0) is 0 Å². The van der Waals surface area contributed by atoms with E-state index in [9.17, 15) is 10.1 Å². The van der Waals surface area contributed by atoms with Crippen LogP contribution >= 0.6 is 0 Å². The van der Waals surface area contributed by atoms with E-state index in [0.717, 1.165) is 12.1 Å². The molecule has 0 aliphatic carbocycles. The fourth-order valence-electron chi connectivity index (χ4n) is 1.38. The normalized spacial score (nSPS) is 10.1. The molecule has 2 aromatic rings. The molecule has 2 aromatic heterocycles. The number of nitro groups is 1. The summed E-state index contributed by atoms with van der Waals surface area (Å²) in [6.07, 6.45) is 5.52. The fraction of sp³-hybridized carbons (Fsp3) is 0.200. The van der Waals surface area contributed by atoms with E-state index in [1.807, 2.05) is 0 Å². The predicted octanol–water partition coefficient (Wildman–Crippen LogP) is 1.37. The maximum atomic E-state index is 10.6. The highest BCUT2D eigenvalue weighted by Gasteiger charge is 2.06. The van der Waals surface area contributed by atoms with Gasteiger partial charge < -0.3 is 10.3 Å². The van der Waals surface area contributed by atoms with Gasteiger partial charge in [0.1, 0.15) is 5.82 Å². The molecule has 0 fully saturated rings. The Hall–Kier alpha value is -2.44. The Labute approximate surface area is 97.1 Å². The first kappa shape index (κ1) is 11.1. The molecular formula is C10H11N5O2. The van der Waals surface area contributed by atoms with Crippen LogP contribution in [0, 0.1) is 10.1 Å². The minimum Gasteiger partial charge on any atom is -0.369 e. The molecule has 2 heterocycles. The molecule has 0 unspecified atom stereocenters. The summed E-state index contributed by atoms with van der Waals surface area (Å²) >= 11 is 0. The lowest BCUT2D eigenvalue weighted by Crippen LogP contribution is -2.06. The Morgan fingerprint density at radius 2 is 2.41 bits per heavy atom. The molecule has 0 saturated heterocycles. The molecule has 7 nitrogen and oxygen atoms in total. The first-order chi connectivity index (χ1) is 8.25. The Morgan fingerprint density at radius 3 is 3.12 bits per heavy atom. The molecule has 17 heavy (non-hydrogen) atoms. The van der Waals surface area contributed by atoms with Crippen molar-refractivity contribution in [2.45, 2.75) is 6.42 Å². The third kappa shape index (κ3) is 3.00. The van der Waals surface area contributed by atoms with E-state index in [1.54, 1.807) is 12.5 Å². The number of nitrogens with zero attached hydrogens (tertiary/aromatic N) is 3. The summed E-state index contributed by atoms with van der Waals surface area (Å²) in [7, 11) is 0. The summed E-state index contributed by atoms with van der Waals surface area (Å²) < 4.78 is 0. The lowest BCUT2D eigenvalue weighted by Gasteiger charge is -2.03. The van der Waals surface area contributed by atoms with E-state index >= 15 is 0 Å². The molecule has 0 atom stereocenters. The van der Waals surface area contributed by atoms with Gasteiger partial charge in [0.25, 0.3) is 5.69 Å². The number of hydrogen-bond acceptors (Lipinski definition) is 5. The van der Waals surface area contributed by atoms with Gasteiger partial charge in [0.2, 0.25) is 0 Å². The van der Waals surface area contributed by atoms with E-state index in [2.05, 4.69) is 20.3 Å². The molecule has 0 radical (unpaired) electrons. The quantitative estimate of drug-likeness (QED) is 0.600. The fourth-order valence-corrected chi connectivity index (χ4v) is 1.38. The zero-order valence-corrected chi connectivity index (χ0v) is 8.96. The highest BCUT2D eigenvalue weighted by molar-refractivity contribution is 5.44. The zero-order valence-electron chi connectivity index (χ0n) is 8.96. The minimum absolute atomic E-state index is 0.0315. The number of rotatable bonds is 5. The summed E-state index contributed by atoms with van der Waals surface area (Å²) in [6.45, 7) is 0.635. The van der Waals surface area contributed by atoms with Crippen molar-refractivity contribution >= 4 is 11.5 Å². The SMILES string of the molecule is O=[N+]([O-])c1ccnc(NCCc2cnc[nH]2)c1. The van der Waals surface area contributed by atoms with Gasteiger partial charge in [-0.2, -0.15) is 0 Å². The summed E-state index contributed by atoms with van der Waals surface area (Å²) in [4.78, 5) is 21.0. The van der Waals surface area contributed by atoms with Crippen LogP contribution in [-0.2, 0) is 6.42 Å². The second-order valence-electron chi connectivity index (χ2n) is 3.41. The number of imidazole rings is 1. The van der Waals surface area contributed by atoms with Crippen LogP contribution in [0.2, 0.25) is 0 Å². The summed E-state index contributed by atoms with van der Waals surface area (Å²) in [6, 6.07) is 2.77. The third-order valence-electron chi connectivity index (χ3n) is 2.21. The molecule has 0 amide bonds. The van der Waals surface area contributed by atoms with Crippen LogP contribution in [-0.4, -0.2) is 26.4 Å². The number of nitrogens with one attached hydrogen (secondary N) is 2. The van der Waals surface area contributed by atoms with Crippen molar-refractivity contribution in [3.63, 3.8) is 0 Å². The van der Waals surface area contributed by atoms with Crippen LogP contribution in [0.5, 0.6) is 0 Å². The van der Waals surface area contributed by atoms with Crippen LogP contribution in [0.3, 0.4) is 0 Å². The largest absolute Gasteiger partial charge is 0.369 e. The molecule has 0 saturated carbocycles. The maximum Gasteiger partial charge on any atom is 0.274 e. The molecule has 0 aromatic carbocycles. The molecule has 0 aliphatic heterocycles. The van der Waals surface area contributed by atoms with Gasteiger partial charge in [0.05, 0.1) is 17.3 Å². The number of aromatic nitrogens is 3. The smallest absolute Gasteiger partial charge is 0.274 e. The van der Waals surface area contributed by atoms with Crippen LogP contribution in [0.4, 0.5) is 11.5 Å². The number of anilines is 1. The van der Waals surface area contributed by atoms with Crippen LogP contribution in [0.1, 0.15) is 5.69 Å². The minimum atomic E-state index is -0.443. The Morgan fingerprint density at radius 1 is 1.53 bits per heavy atom. The second-order valence-corrected chi connectivity index (χ2v) is 3.41. The highest BCUT2D eigenvalue weighted by atomic mass is 16.6. The molecule has 2 rings (SSSR count).